The summed E-state index contributed by atoms with van der Waals surface area (Å²) in [4.78, 5) is 13.7. The van der Waals surface area contributed by atoms with Crippen molar-refractivity contribution in [3.63, 3.8) is 0 Å². The summed E-state index contributed by atoms with van der Waals surface area (Å²) in [6, 6.07) is 6.39. The van der Waals surface area contributed by atoms with Gasteiger partial charge in [-0.05, 0) is 37.8 Å². The molecule has 0 atom stereocenters. The zero-order valence-corrected chi connectivity index (χ0v) is 13.1. The molecule has 1 amide bonds. The molecule has 0 aliphatic heterocycles. The molecule has 0 aliphatic rings. The van der Waals surface area contributed by atoms with E-state index in [0.717, 1.165) is 18.2 Å². The van der Waals surface area contributed by atoms with E-state index >= 15 is 0 Å². The number of alkyl halides is 1. The molecule has 0 bridgehead atoms. The van der Waals surface area contributed by atoms with E-state index in [-0.39, 0.29) is 5.91 Å². The third kappa shape index (κ3) is 4.81. The second-order valence-corrected chi connectivity index (χ2v) is 5.62. The summed E-state index contributed by atoms with van der Waals surface area (Å²) in [6.45, 7) is 4.90. The van der Waals surface area contributed by atoms with E-state index in [1.165, 1.54) is 16.7 Å². The Balaban J connectivity index is 2.53. The van der Waals surface area contributed by atoms with Crippen LogP contribution in [0.2, 0.25) is 0 Å². The molecule has 2 nitrogen and oxygen atoms in total. The van der Waals surface area contributed by atoms with Crippen LogP contribution < -0.4 is 0 Å². The molecule has 18 heavy (non-hydrogen) atoms. The fraction of sp³-hybridized carbons (Fsp3) is 0.533. The molecule has 0 saturated carbocycles. The van der Waals surface area contributed by atoms with Gasteiger partial charge < -0.3 is 4.90 Å². The Hall–Kier alpha value is -0.830. The van der Waals surface area contributed by atoms with Gasteiger partial charge in [0.1, 0.15) is 0 Å². The number of halogens is 1. The Morgan fingerprint density at radius 1 is 1.28 bits per heavy atom. The molecule has 0 aliphatic carbocycles. The van der Waals surface area contributed by atoms with Gasteiger partial charge in [-0.25, -0.2) is 0 Å². The molecular weight excluding hydrogens is 290 g/mol. The van der Waals surface area contributed by atoms with E-state index in [4.69, 9.17) is 0 Å². The Bertz CT molecular complexity index is 403. The van der Waals surface area contributed by atoms with Gasteiger partial charge in [-0.3, -0.25) is 4.79 Å². The van der Waals surface area contributed by atoms with Crippen LogP contribution in [0.4, 0.5) is 0 Å². The van der Waals surface area contributed by atoms with Crippen molar-refractivity contribution in [1.82, 2.24) is 4.90 Å². The molecule has 0 unspecified atom stereocenters. The first-order valence-corrected chi connectivity index (χ1v) is 7.53. The fourth-order valence-corrected chi connectivity index (χ4v) is 2.32. The summed E-state index contributed by atoms with van der Waals surface area (Å²) < 4.78 is 0. The Morgan fingerprint density at radius 3 is 2.61 bits per heavy atom. The minimum absolute atomic E-state index is 0.232. The van der Waals surface area contributed by atoms with Crippen LogP contribution in [0.1, 0.15) is 36.0 Å². The molecule has 0 radical (unpaired) electrons. The van der Waals surface area contributed by atoms with Gasteiger partial charge in [0, 0.05) is 25.3 Å². The van der Waals surface area contributed by atoms with Gasteiger partial charge in [0.15, 0.2) is 0 Å². The van der Waals surface area contributed by atoms with Crippen molar-refractivity contribution in [1.29, 1.82) is 0 Å². The van der Waals surface area contributed by atoms with Crippen LogP contribution >= 0.6 is 15.9 Å². The molecule has 0 saturated heterocycles. The van der Waals surface area contributed by atoms with Crippen molar-refractivity contribution >= 4 is 21.8 Å². The Kier molecular flexibility index (Phi) is 6.41. The second-order valence-electron chi connectivity index (χ2n) is 4.83. The molecule has 0 N–H and O–H groups in total. The van der Waals surface area contributed by atoms with Crippen LogP contribution in [-0.4, -0.2) is 23.2 Å². The first kappa shape index (κ1) is 15.2. The number of benzene rings is 1. The van der Waals surface area contributed by atoms with E-state index in [9.17, 15) is 4.79 Å². The summed E-state index contributed by atoms with van der Waals surface area (Å²) in [5, 5.41) is 0.973. The summed E-state index contributed by atoms with van der Waals surface area (Å²) in [5.74, 6) is 0.232. The zero-order chi connectivity index (χ0) is 13.5. The van der Waals surface area contributed by atoms with Crippen molar-refractivity contribution < 1.29 is 4.79 Å². The van der Waals surface area contributed by atoms with Crippen molar-refractivity contribution in [2.75, 3.05) is 12.4 Å². The lowest BCUT2D eigenvalue weighted by Gasteiger charge is -2.18. The average molecular weight is 312 g/mol. The third-order valence-electron chi connectivity index (χ3n) is 3.11. The molecule has 1 aromatic rings. The minimum atomic E-state index is 0.232. The van der Waals surface area contributed by atoms with Crippen molar-refractivity contribution in [3.8, 4) is 0 Å². The van der Waals surface area contributed by atoms with Crippen molar-refractivity contribution in [2.24, 2.45) is 0 Å². The highest BCUT2D eigenvalue weighted by atomic mass is 79.9. The maximum absolute atomic E-state index is 11.9. The number of unbranched alkanes of at least 4 members (excludes halogenated alkanes) is 1. The van der Waals surface area contributed by atoms with E-state index in [1.807, 2.05) is 11.9 Å². The predicted molar refractivity (Wildman–Crippen MR) is 80.0 cm³/mol. The van der Waals surface area contributed by atoms with E-state index in [1.54, 1.807) is 0 Å². The first-order chi connectivity index (χ1) is 8.54. The maximum atomic E-state index is 11.9. The van der Waals surface area contributed by atoms with Gasteiger partial charge in [0.2, 0.25) is 5.91 Å². The van der Waals surface area contributed by atoms with E-state index in [2.05, 4.69) is 48.0 Å². The van der Waals surface area contributed by atoms with Crippen molar-refractivity contribution in [3.05, 3.63) is 34.9 Å². The number of hydrogen-bond donors (Lipinski definition) is 0. The molecule has 1 rings (SSSR count). The van der Waals surface area contributed by atoms with E-state index < -0.39 is 0 Å². The van der Waals surface area contributed by atoms with Crippen LogP contribution in [0.3, 0.4) is 0 Å². The monoisotopic (exact) mass is 311 g/mol. The lowest BCUT2D eigenvalue weighted by molar-refractivity contribution is -0.130. The number of nitrogens with zero attached hydrogens (tertiary/aromatic N) is 1. The van der Waals surface area contributed by atoms with Gasteiger partial charge in [0.05, 0.1) is 0 Å². The summed E-state index contributed by atoms with van der Waals surface area (Å²) in [7, 11) is 1.88. The van der Waals surface area contributed by atoms with Crippen LogP contribution in [0.5, 0.6) is 0 Å². The molecule has 0 aromatic heterocycles. The topological polar surface area (TPSA) is 20.3 Å². The average Bonchev–Trinajstić information content (AvgIpc) is 2.32. The first-order valence-electron chi connectivity index (χ1n) is 6.40. The lowest BCUT2D eigenvalue weighted by atomic mass is 10.1. The van der Waals surface area contributed by atoms with Crippen LogP contribution in [-0.2, 0) is 11.3 Å². The highest BCUT2D eigenvalue weighted by Crippen LogP contribution is 2.13. The number of carbonyl (C=O) groups excluding carboxylic acids is 1. The van der Waals surface area contributed by atoms with Gasteiger partial charge in [-0.2, -0.15) is 0 Å². The molecule has 0 heterocycles. The normalized spacial score (nSPS) is 10.4. The van der Waals surface area contributed by atoms with Gasteiger partial charge in [-0.1, -0.05) is 39.7 Å². The summed E-state index contributed by atoms with van der Waals surface area (Å²) in [6.07, 6.45) is 2.66. The Labute approximate surface area is 119 Å². The second kappa shape index (κ2) is 7.57. The van der Waals surface area contributed by atoms with Crippen molar-refractivity contribution in [2.45, 2.75) is 39.7 Å². The standard InChI is InChI=1S/C15H22BrNO/c1-12-7-8-14(13(2)10-12)11-17(3)15(18)6-4-5-9-16/h7-8,10H,4-6,9,11H2,1-3H3. The molecule has 1 aromatic carbocycles. The molecule has 100 valence electrons. The maximum Gasteiger partial charge on any atom is 0.222 e. The highest BCUT2D eigenvalue weighted by molar-refractivity contribution is 9.09. The molecule has 0 fully saturated rings. The number of rotatable bonds is 6. The van der Waals surface area contributed by atoms with Crippen LogP contribution in [0, 0.1) is 13.8 Å². The predicted octanol–water partition coefficient (Wildman–Crippen LogP) is 3.83. The zero-order valence-electron chi connectivity index (χ0n) is 11.5. The minimum Gasteiger partial charge on any atom is -0.341 e. The SMILES string of the molecule is Cc1ccc(CN(C)C(=O)CCCCBr)c(C)c1. The van der Waals surface area contributed by atoms with Crippen LogP contribution in [0.15, 0.2) is 18.2 Å². The third-order valence-corrected chi connectivity index (χ3v) is 3.67. The highest BCUT2D eigenvalue weighted by Gasteiger charge is 2.09. The lowest BCUT2D eigenvalue weighted by Crippen LogP contribution is -2.26. The summed E-state index contributed by atoms with van der Waals surface area (Å²) >= 11 is 3.38. The van der Waals surface area contributed by atoms with Gasteiger partial charge >= 0.3 is 0 Å². The summed E-state index contributed by atoms with van der Waals surface area (Å²) in [5.41, 5.74) is 3.76. The molecular formula is C15H22BrNO. The smallest absolute Gasteiger partial charge is 0.222 e. The molecule has 0 spiro atoms. The fourth-order valence-electron chi connectivity index (χ4n) is 1.93. The van der Waals surface area contributed by atoms with E-state index in [0.29, 0.717) is 13.0 Å². The van der Waals surface area contributed by atoms with Crippen LogP contribution in [0.25, 0.3) is 0 Å². The largest absolute Gasteiger partial charge is 0.341 e. The number of aryl methyl sites for hydroxylation is 2. The number of amides is 1. The van der Waals surface area contributed by atoms with Gasteiger partial charge in [-0.15, -0.1) is 0 Å². The number of hydrogen-bond acceptors (Lipinski definition) is 1. The molecule has 3 heteroatoms. The number of carbonyl (C=O) groups is 1. The van der Waals surface area contributed by atoms with Gasteiger partial charge in [0.25, 0.3) is 0 Å². The Morgan fingerprint density at radius 2 is 2.00 bits per heavy atom. The quantitative estimate of drug-likeness (QED) is 0.577.